The van der Waals surface area contributed by atoms with Crippen molar-refractivity contribution in [3.63, 3.8) is 0 Å². The van der Waals surface area contributed by atoms with Gasteiger partial charge in [0, 0.05) is 13.1 Å². The highest BCUT2D eigenvalue weighted by molar-refractivity contribution is 5.23. The molecule has 0 aliphatic carbocycles. The van der Waals surface area contributed by atoms with Gasteiger partial charge in [0.05, 0.1) is 13.6 Å². The van der Waals surface area contributed by atoms with Crippen molar-refractivity contribution in [2.24, 2.45) is 12.8 Å². The predicted octanol–water partition coefficient (Wildman–Crippen LogP) is 0.301. The Morgan fingerprint density at radius 3 is 2.72 bits per heavy atom. The second-order valence-electron chi connectivity index (χ2n) is 4.39. The lowest BCUT2D eigenvalue weighted by Crippen LogP contribution is -2.18. The molecule has 0 radical (unpaired) electrons. The van der Waals surface area contributed by atoms with Crippen LogP contribution in [-0.4, -0.2) is 32.2 Å². The summed E-state index contributed by atoms with van der Waals surface area (Å²) >= 11 is 0. The number of benzene rings is 1. The molecule has 2 N–H and O–H groups in total. The monoisotopic (exact) mass is 246 g/mol. The number of aryl methyl sites for hydroxylation is 1. The molecule has 1 aromatic carbocycles. The average Bonchev–Trinajstić information content (AvgIpc) is 2.74. The Hall–Kier alpha value is -1.79. The summed E-state index contributed by atoms with van der Waals surface area (Å²) in [5, 5.41) is 11.9. The summed E-state index contributed by atoms with van der Waals surface area (Å²) in [5.74, 6) is 0.731. The Balaban J connectivity index is 1.96. The molecule has 0 aliphatic rings. The number of nitrogens with zero attached hydrogens (tertiary/aromatic N) is 5. The standard InChI is InChI=1S/C12H18N6/c1-17(9-12-14-16-18(2)15-12)8-11-5-3-4-10(6-11)7-13/h3-6H,7-9,13H2,1-2H3. The van der Waals surface area contributed by atoms with Gasteiger partial charge in [0.25, 0.3) is 0 Å². The van der Waals surface area contributed by atoms with Gasteiger partial charge in [-0.25, -0.2) is 0 Å². The Labute approximate surface area is 106 Å². The van der Waals surface area contributed by atoms with Gasteiger partial charge in [0.1, 0.15) is 0 Å². The minimum Gasteiger partial charge on any atom is -0.326 e. The van der Waals surface area contributed by atoms with E-state index in [-0.39, 0.29) is 0 Å². The Morgan fingerprint density at radius 1 is 1.28 bits per heavy atom. The normalized spacial score (nSPS) is 11.1. The molecule has 0 amide bonds. The second-order valence-corrected chi connectivity index (χ2v) is 4.39. The van der Waals surface area contributed by atoms with Crippen LogP contribution in [0.25, 0.3) is 0 Å². The van der Waals surface area contributed by atoms with Crippen molar-refractivity contribution in [1.82, 2.24) is 25.1 Å². The van der Waals surface area contributed by atoms with Crippen molar-refractivity contribution in [3.8, 4) is 0 Å². The molecular weight excluding hydrogens is 228 g/mol. The molecule has 0 fully saturated rings. The van der Waals surface area contributed by atoms with Gasteiger partial charge < -0.3 is 5.73 Å². The Bertz CT molecular complexity index is 507. The van der Waals surface area contributed by atoms with Crippen LogP contribution in [0, 0.1) is 0 Å². The fourth-order valence-corrected chi connectivity index (χ4v) is 1.85. The average molecular weight is 246 g/mol. The Kier molecular flexibility index (Phi) is 4.01. The highest BCUT2D eigenvalue weighted by Gasteiger charge is 2.06. The molecule has 1 aromatic heterocycles. The first-order valence-corrected chi connectivity index (χ1v) is 5.86. The first kappa shape index (κ1) is 12.7. The van der Waals surface area contributed by atoms with Crippen LogP contribution < -0.4 is 5.73 Å². The summed E-state index contributed by atoms with van der Waals surface area (Å²) < 4.78 is 0. The van der Waals surface area contributed by atoms with Gasteiger partial charge in [0.15, 0.2) is 5.82 Å². The van der Waals surface area contributed by atoms with Crippen LogP contribution in [0.15, 0.2) is 24.3 Å². The van der Waals surface area contributed by atoms with Crippen molar-refractivity contribution in [2.75, 3.05) is 7.05 Å². The molecule has 2 aromatic rings. The van der Waals surface area contributed by atoms with Crippen LogP contribution in [0.2, 0.25) is 0 Å². The summed E-state index contributed by atoms with van der Waals surface area (Å²) in [6.07, 6.45) is 0. The molecule has 6 nitrogen and oxygen atoms in total. The maximum absolute atomic E-state index is 5.63. The molecule has 0 bridgehead atoms. The van der Waals surface area contributed by atoms with Crippen LogP contribution in [0.4, 0.5) is 0 Å². The molecule has 0 aliphatic heterocycles. The minimum atomic E-state index is 0.573. The van der Waals surface area contributed by atoms with E-state index in [2.05, 4.69) is 32.4 Å². The van der Waals surface area contributed by atoms with Crippen molar-refractivity contribution >= 4 is 0 Å². The maximum atomic E-state index is 5.63. The van der Waals surface area contributed by atoms with Crippen molar-refractivity contribution in [1.29, 1.82) is 0 Å². The van der Waals surface area contributed by atoms with E-state index in [1.807, 2.05) is 19.2 Å². The zero-order chi connectivity index (χ0) is 13.0. The third-order valence-corrected chi connectivity index (χ3v) is 2.64. The van der Waals surface area contributed by atoms with Gasteiger partial charge in [-0.15, -0.1) is 10.2 Å². The lowest BCUT2D eigenvalue weighted by molar-refractivity contribution is 0.310. The first-order chi connectivity index (χ1) is 8.67. The molecule has 2 rings (SSSR count). The van der Waals surface area contributed by atoms with Crippen LogP contribution in [-0.2, 0) is 26.7 Å². The van der Waals surface area contributed by atoms with Gasteiger partial charge in [-0.2, -0.15) is 4.80 Å². The molecule has 0 saturated heterocycles. The van der Waals surface area contributed by atoms with E-state index < -0.39 is 0 Å². The van der Waals surface area contributed by atoms with E-state index in [0.717, 1.165) is 17.9 Å². The topological polar surface area (TPSA) is 72.9 Å². The third-order valence-electron chi connectivity index (χ3n) is 2.64. The van der Waals surface area contributed by atoms with E-state index in [1.165, 1.54) is 10.4 Å². The molecule has 6 heteroatoms. The van der Waals surface area contributed by atoms with Crippen LogP contribution >= 0.6 is 0 Å². The molecule has 0 atom stereocenters. The third kappa shape index (κ3) is 3.35. The molecular formula is C12H18N6. The number of hydrogen-bond donors (Lipinski definition) is 1. The first-order valence-electron chi connectivity index (χ1n) is 5.86. The maximum Gasteiger partial charge on any atom is 0.188 e. The number of rotatable bonds is 5. The minimum absolute atomic E-state index is 0.573. The quantitative estimate of drug-likeness (QED) is 0.821. The highest BCUT2D eigenvalue weighted by atomic mass is 15.6. The number of nitrogens with two attached hydrogens (primary N) is 1. The van der Waals surface area contributed by atoms with Gasteiger partial charge >= 0.3 is 0 Å². The molecule has 0 spiro atoms. The largest absolute Gasteiger partial charge is 0.326 e. The van der Waals surface area contributed by atoms with Gasteiger partial charge in [-0.1, -0.05) is 24.3 Å². The van der Waals surface area contributed by atoms with Gasteiger partial charge in [-0.3, -0.25) is 4.90 Å². The van der Waals surface area contributed by atoms with E-state index in [4.69, 9.17) is 5.73 Å². The molecule has 0 unspecified atom stereocenters. The van der Waals surface area contributed by atoms with E-state index in [1.54, 1.807) is 7.05 Å². The SMILES string of the molecule is CN(Cc1cccc(CN)c1)Cc1nnn(C)n1. The molecule has 18 heavy (non-hydrogen) atoms. The van der Waals surface area contributed by atoms with Crippen LogP contribution in [0.5, 0.6) is 0 Å². The van der Waals surface area contributed by atoms with Crippen molar-refractivity contribution in [3.05, 3.63) is 41.2 Å². The van der Waals surface area contributed by atoms with Gasteiger partial charge in [-0.05, 0) is 23.4 Å². The van der Waals surface area contributed by atoms with E-state index in [0.29, 0.717) is 13.1 Å². The van der Waals surface area contributed by atoms with Crippen LogP contribution in [0.3, 0.4) is 0 Å². The summed E-state index contributed by atoms with van der Waals surface area (Å²) in [7, 11) is 3.80. The van der Waals surface area contributed by atoms with E-state index in [9.17, 15) is 0 Å². The lowest BCUT2D eigenvalue weighted by atomic mass is 10.1. The summed E-state index contributed by atoms with van der Waals surface area (Å²) in [6.45, 7) is 2.09. The van der Waals surface area contributed by atoms with Crippen molar-refractivity contribution < 1.29 is 0 Å². The zero-order valence-electron chi connectivity index (χ0n) is 10.7. The second kappa shape index (κ2) is 5.70. The fourth-order valence-electron chi connectivity index (χ4n) is 1.85. The van der Waals surface area contributed by atoms with Gasteiger partial charge in [0.2, 0.25) is 0 Å². The van der Waals surface area contributed by atoms with Crippen LogP contribution in [0.1, 0.15) is 17.0 Å². The number of tetrazole rings is 1. The molecule has 96 valence electrons. The lowest BCUT2D eigenvalue weighted by Gasteiger charge is -2.14. The summed E-state index contributed by atoms with van der Waals surface area (Å²) in [6, 6.07) is 8.29. The summed E-state index contributed by atoms with van der Waals surface area (Å²) in [5.41, 5.74) is 8.02. The number of hydrogen-bond acceptors (Lipinski definition) is 5. The predicted molar refractivity (Wildman–Crippen MR) is 68.3 cm³/mol. The molecule has 0 saturated carbocycles. The van der Waals surface area contributed by atoms with E-state index >= 15 is 0 Å². The molecule has 1 heterocycles. The fraction of sp³-hybridized carbons (Fsp3) is 0.417. The zero-order valence-corrected chi connectivity index (χ0v) is 10.7. The highest BCUT2D eigenvalue weighted by Crippen LogP contribution is 2.08. The number of aromatic nitrogens is 4. The van der Waals surface area contributed by atoms with Crippen molar-refractivity contribution in [2.45, 2.75) is 19.6 Å². The smallest absolute Gasteiger partial charge is 0.188 e. The summed E-state index contributed by atoms with van der Waals surface area (Å²) in [4.78, 5) is 3.62. The Morgan fingerprint density at radius 2 is 2.06 bits per heavy atom.